The summed E-state index contributed by atoms with van der Waals surface area (Å²) in [6.45, 7) is 5.55. The Hall–Kier alpha value is -0.220. The van der Waals surface area contributed by atoms with Gasteiger partial charge in [-0.05, 0) is 27.8 Å². The van der Waals surface area contributed by atoms with Crippen LogP contribution in [0.4, 0.5) is 8.78 Å². The maximum Gasteiger partial charge on any atom is 0.262 e. The van der Waals surface area contributed by atoms with Crippen molar-refractivity contribution < 1.29 is 13.5 Å². The number of alkyl halides is 2. The van der Waals surface area contributed by atoms with Crippen LogP contribution in [-0.4, -0.2) is 42.7 Å². The molecule has 0 bridgehead atoms. The SMILES string of the molecule is CC(C)O[C@@H](C)[C@@H]1CC(F)(F)CN1C. The van der Waals surface area contributed by atoms with E-state index in [4.69, 9.17) is 4.74 Å². The van der Waals surface area contributed by atoms with Crippen molar-refractivity contribution in [1.82, 2.24) is 4.90 Å². The third kappa shape index (κ3) is 2.89. The predicted octanol–water partition coefficient (Wildman–Crippen LogP) is 2.14. The Morgan fingerprint density at radius 3 is 2.29 bits per heavy atom. The summed E-state index contributed by atoms with van der Waals surface area (Å²) in [5.74, 6) is -2.55. The second kappa shape index (κ2) is 4.11. The minimum absolute atomic E-state index is 0.0859. The molecule has 2 atom stereocenters. The van der Waals surface area contributed by atoms with Crippen LogP contribution in [-0.2, 0) is 4.74 Å². The van der Waals surface area contributed by atoms with Crippen molar-refractivity contribution in [3.8, 4) is 0 Å². The average molecular weight is 207 g/mol. The van der Waals surface area contributed by atoms with Gasteiger partial charge >= 0.3 is 0 Å². The lowest BCUT2D eigenvalue weighted by Crippen LogP contribution is -2.37. The van der Waals surface area contributed by atoms with Gasteiger partial charge in [0.25, 0.3) is 5.92 Å². The molecule has 0 unspecified atom stereocenters. The molecule has 0 aromatic carbocycles. The highest BCUT2D eigenvalue weighted by Crippen LogP contribution is 2.33. The van der Waals surface area contributed by atoms with Gasteiger partial charge in [-0.2, -0.15) is 0 Å². The molecule has 4 heteroatoms. The fourth-order valence-corrected chi connectivity index (χ4v) is 2.05. The van der Waals surface area contributed by atoms with E-state index >= 15 is 0 Å². The van der Waals surface area contributed by atoms with Crippen molar-refractivity contribution in [2.45, 2.75) is 51.4 Å². The van der Waals surface area contributed by atoms with Crippen LogP contribution < -0.4 is 0 Å². The Balaban J connectivity index is 2.52. The lowest BCUT2D eigenvalue weighted by atomic mass is 10.1. The molecule has 0 aromatic heterocycles. The molecule has 1 saturated heterocycles. The number of nitrogens with zero attached hydrogens (tertiary/aromatic N) is 1. The lowest BCUT2D eigenvalue weighted by molar-refractivity contribution is -0.0243. The van der Waals surface area contributed by atoms with Gasteiger partial charge in [-0.25, -0.2) is 8.78 Å². The third-order valence-electron chi connectivity index (χ3n) is 2.58. The van der Waals surface area contributed by atoms with Crippen LogP contribution in [0.15, 0.2) is 0 Å². The molecular formula is C10H19F2NO. The zero-order chi connectivity index (χ0) is 10.9. The Bertz CT molecular complexity index is 197. The Kier molecular flexibility index (Phi) is 3.48. The first-order valence-corrected chi connectivity index (χ1v) is 5.05. The van der Waals surface area contributed by atoms with Crippen LogP contribution in [0.3, 0.4) is 0 Å². The highest BCUT2D eigenvalue weighted by atomic mass is 19.3. The first kappa shape index (κ1) is 11.9. The molecule has 2 nitrogen and oxygen atoms in total. The predicted molar refractivity (Wildman–Crippen MR) is 51.7 cm³/mol. The Labute approximate surface area is 84.2 Å². The molecule has 1 fully saturated rings. The van der Waals surface area contributed by atoms with Crippen molar-refractivity contribution >= 4 is 0 Å². The monoisotopic (exact) mass is 207 g/mol. The summed E-state index contributed by atoms with van der Waals surface area (Å²) in [5, 5.41) is 0. The fourth-order valence-electron chi connectivity index (χ4n) is 2.05. The van der Waals surface area contributed by atoms with Gasteiger partial charge in [0.05, 0.1) is 18.8 Å². The normalized spacial score (nSPS) is 29.8. The van der Waals surface area contributed by atoms with Crippen molar-refractivity contribution in [2.24, 2.45) is 0 Å². The first-order valence-electron chi connectivity index (χ1n) is 5.05. The van der Waals surface area contributed by atoms with Crippen molar-refractivity contribution in [3.63, 3.8) is 0 Å². The highest BCUT2D eigenvalue weighted by Gasteiger charge is 2.45. The third-order valence-corrected chi connectivity index (χ3v) is 2.58. The smallest absolute Gasteiger partial charge is 0.262 e. The van der Waals surface area contributed by atoms with Gasteiger partial charge in [0.2, 0.25) is 0 Å². The summed E-state index contributed by atoms with van der Waals surface area (Å²) in [4.78, 5) is 1.69. The first-order chi connectivity index (χ1) is 6.32. The van der Waals surface area contributed by atoms with Gasteiger partial charge < -0.3 is 4.74 Å². The van der Waals surface area contributed by atoms with Gasteiger partial charge in [-0.3, -0.25) is 4.90 Å². The molecule has 0 spiro atoms. The number of hydrogen-bond acceptors (Lipinski definition) is 2. The molecule has 1 aliphatic heterocycles. The van der Waals surface area contributed by atoms with Crippen LogP contribution in [0.1, 0.15) is 27.2 Å². The standard InChI is InChI=1S/C10H19F2NO/c1-7(2)14-8(3)9-5-10(11,12)6-13(9)4/h7-9H,5-6H2,1-4H3/t8-,9-/m0/s1. The Morgan fingerprint density at radius 1 is 1.36 bits per heavy atom. The summed E-state index contributed by atoms with van der Waals surface area (Å²) < 4.78 is 31.6. The molecule has 0 saturated carbocycles. The summed E-state index contributed by atoms with van der Waals surface area (Å²) in [7, 11) is 1.73. The molecule has 1 aliphatic rings. The van der Waals surface area contributed by atoms with Gasteiger partial charge in [0, 0.05) is 12.5 Å². The average Bonchev–Trinajstić information content (AvgIpc) is 2.23. The molecular weight excluding hydrogens is 188 g/mol. The largest absolute Gasteiger partial charge is 0.374 e. The molecule has 0 amide bonds. The van der Waals surface area contributed by atoms with Gasteiger partial charge in [0.15, 0.2) is 0 Å². The molecule has 1 heterocycles. The van der Waals surface area contributed by atoms with E-state index in [1.165, 1.54) is 0 Å². The minimum atomic E-state index is -2.55. The van der Waals surface area contributed by atoms with Crippen LogP contribution in [0.5, 0.6) is 0 Å². The van der Waals surface area contributed by atoms with E-state index in [1.807, 2.05) is 20.8 Å². The number of rotatable bonds is 3. The minimum Gasteiger partial charge on any atom is -0.374 e. The van der Waals surface area contributed by atoms with Crippen LogP contribution in [0.2, 0.25) is 0 Å². The maximum absolute atomic E-state index is 13.0. The van der Waals surface area contributed by atoms with Crippen LogP contribution in [0.25, 0.3) is 0 Å². The van der Waals surface area contributed by atoms with E-state index in [9.17, 15) is 8.78 Å². The second-order valence-corrected chi connectivity index (χ2v) is 4.43. The lowest BCUT2D eigenvalue weighted by Gasteiger charge is -2.26. The maximum atomic E-state index is 13.0. The summed E-state index contributed by atoms with van der Waals surface area (Å²) in [6.07, 6.45) is -0.127. The van der Waals surface area contributed by atoms with Crippen molar-refractivity contribution in [3.05, 3.63) is 0 Å². The van der Waals surface area contributed by atoms with Gasteiger partial charge in [-0.15, -0.1) is 0 Å². The summed E-state index contributed by atoms with van der Waals surface area (Å²) in [6, 6.07) is -0.160. The zero-order valence-electron chi connectivity index (χ0n) is 9.26. The topological polar surface area (TPSA) is 12.5 Å². The summed E-state index contributed by atoms with van der Waals surface area (Å²) >= 11 is 0. The van der Waals surface area contributed by atoms with Gasteiger partial charge in [0.1, 0.15) is 0 Å². The zero-order valence-corrected chi connectivity index (χ0v) is 9.26. The molecule has 84 valence electrons. The van der Waals surface area contributed by atoms with E-state index in [0.29, 0.717) is 0 Å². The fraction of sp³-hybridized carbons (Fsp3) is 1.00. The van der Waals surface area contributed by atoms with Crippen LogP contribution >= 0.6 is 0 Å². The van der Waals surface area contributed by atoms with Gasteiger partial charge in [-0.1, -0.05) is 0 Å². The van der Waals surface area contributed by atoms with Crippen molar-refractivity contribution in [1.29, 1.82) is 0 Å². The summed E-state index contributed by atoms with van der Waals surface area (Å²) in [5.41, 5.74) is 0. The molecule has 14 heavy (non-hydrogen) atoms. The number of likely N-dealkylation sites (N-methyl/N-ethyl adjacent to an activating group) is 1. The second-order valence-electron chi connectivity index (χ2n) is 4.43. The van der Waals surface area contributed by atoms with E-state index in [2.05, 4.69) is 0 Å². The van der Waals surface area contributed by atoms with Crippen LogP contribution in [0, 0.1) is 0 Å². The number of ether oxygens (including phenoxy) is 1. The molecule has 1 rings (SSSR count). The molecule has 0 aliphatic carbocycles. The quantitative estimate of drug-likeness (QED) is 0.703. The van der Waals surface area contributed by atoms with E-state index in [1.54, 1.807) is 11.9 Å². The number of halogens is 2. The molecule has 0 aromatic rings. The number of hydrogen-bond donors (Lipinski definition) is 0. The number of likely N-dealkylation sites (tertiary alicyclic amines) is 1. The van der Waals surface area contributed by atoms with E-state index < -0.39 is 5.92 Å². The molecule has 0 N–H and O–H groups in total. The highest BCUT2D eigenvalue weighted by molar-refractivity contribution is 4.91. The molecule has 0 radical (unpaired) electrons. The van der Waals surface area contributed by atoms with E-state index in [0.717, 1.165) is 0 Å². The Morgan fingerprint density at radius 2 is 1.93 bits per heavy atom. The van der Waals surface area contributed by atoms with E-state index in [-0.39, 0.29) is 31.2 Å². The van der Waals surface area contributed by atoms with Crippen molar-refractivity contribution in [2.75, 3.05) is 13.6 Å².